The molecule has 0 aliphatic carbocycles. The van der Waals surface area contributed by atoms with Gasteiger partial charge in [-0.2, -0.15) is 5.26 Å². The molecule has 0 fully saturated rings. The first kappa shape index (κ1) is 8.47. The number of anilines is 1. The van der Waals surface area contributed by atoms with E-state index >= 15 is 0 Å². The van der Waals surface area contributed by atoms with Crippen LogP contribution < -0.4 is 5.32 Å². The van der Waals surface area contributed by atoms with E-state index in [1.165, 1.54) is 12.4 Å². The van der Waals surface area contributed by atoms with Crippen LogP contribution in [0.2, 0.25) is 0 Å². The zero-order valence-corrected chi connectivity index (χ0v) is 7.07. The smallest absolute Gasteiger partial charge is 0.222 e. The normalized spacial score (nSPS) is 9.50. The molecule has 0 aromatic carbocycles. The molecule has 1 N–H and O–H groups in total. The molecule has 0 amide bonds. The molecule has 1 heterocycles. The largest absolute Gasteiger partial charge is 0.352 e. The lowest BCUT2D eigenvalue weighted by Crippen LogP contribution is -2.12. The highest BCUT2D eigenvalue weighted by Gasteiger charge is 1.97. The van der Waals surface area contributed by atoms with Gasteiger partial charge >= 0.3 is 0 Å². The molecule has 1 aromatic heterocycles. The number of hydrogen-bond donors (Lipinski definition) is 1. The zero-order valence-electron chi connectivity index (χ0n) is 7.07. The van der Waals surface area contributed by atoms with Crippen molar-refractivity contribution < 1.29 is 0 Å². The van der Waals surface area contributed by atoms with E-state index in [1.807, 2.05) is 19.9 Å². The molecular weight excluding hydrogens is 152 g/mol. The van der Waals surface area contributed by atoms with Crippen molar-refractivity contribution in [2.24, 2.45) is 0 Å². The first-order valence-corrected chi connectivity index (χ1v) is 3.71. The molecule has 12 heavy (non-hydrogen) atoms. The Morgan fingerprint density at radius 3 is 2.42 bits per heavy atom. The summed E-state index contributed by atoms with van der Waals surface area (Å²) in [6, 6.07) is 2.26. The predicted molar refractivity (Wildman–Crippen MR) is 45.5 cm³/mol. The Kier molecular flexibility index (Phi) is 2.59. The minimum atomic E-state index is 0.304. The molecule has 0 saturated carbocycles. The van der Waals surface area contributed by atoms with Crippen molar-refractivity contribution in [1.29, 1.82) is 5.26 Å². The molecule has 0 spiro atoms. The summed E-state index contributed by atoms with van der Waals surface area (Å²) in [4.78, 5) is 7.89. The monoisotopic (exact) mass is 162 g/mol. The van der Waals surface area contributed by atoms with Crippen LogP contribution in [-0.4, -0.2) is 16.0 Å². The van der Waals surface area contributed by atoms with Gasteiger partial charge < -0.3 is 5.32 Å². The molecule has 62 valence electrons. The summed E-state index contributed by atoms with van der Waals surface area (Å²) < 4.78 is 0. The van der Waals surface area contributed by atoms with Crippen LogP contribution in [0.15, 0.2) is 12.4 Å². The van der Waals surface area contributed by atoms with E-state index in [0.29, 0.717) is 17.6 Å². The highest BCUT2D eigenvalue weighted by atomic mass is 15.1. The van der Waals surface area contributed by atoms with Crippen LogP contribution in [-0.2, 0) is 0 Å². The van der Waals surface area contributed by atoms with E-state index in [2.05, 4.69) is 15.3 Å². The van der Waals surface area contributed by atoms with Crippen molar-refractivity contribution in [3.63, 3.8) is 0 Å². The maximum absolute atomic E-state index is 8.46. The van der Waals surface area contributed by atoms with Gasteiger partial charge in [-0.15, -0.1) is 0 Å². The SMILES string of the molecule is CC(C)Nc1ncc(C#N)cn1. The Bertz CT molecular complexity index is 283. The highest BCUT2D eigenvalue weighted by molar-refractivity contribution is 5.30. The number of hydrogen-bond acceptors (Lipinski definition) is 4. The molecule has 0 radical (unpaired) electrons. The second-order valence-electron chi connectivity index (χ2n) is 2.71. The van der Waals surface area contributed by atoms with Crippen LogP contribution in [0.25, 0.3) is 0 Å². The van der Waals surface area contributed by atoms with Crippen molar-refractivity contribution in [3.05, 3.63) is 18.0 Å². The van der Waals surface area contributed by atoms with Crippen LogP contribution >= 0.6 is 0 Å². The van der Waals surface area contributed by atoms with Gasteiger partial charge in [0.2, 0.25) is 5.95 Å². The molecule has 0 aliphatic heterocycles. The average molecular weight is 162 g/mol. The van der Waals surface area contributed by atoms with E-state index in [-0.39, 0.29) is 0 Å². The first-order chi connectivity index (χ1) is 5.72. The van der Waals surface area contributed by atoms with Crippen LogP contribution in [0.5, 0.6) is 0 Å². The topological polar surface area (TPSA) is 61.6 Å². The summed E-state index contributed by atoms with van der Waals surface area (Å²) in [6.45, 7) is 4.00. The standard InChI is InChI=1S/C8H10N4/c1-6(2)12-8-10-4-7(3-9)5-11-8/h4-6H,1-2H3,(H,10,11,12). The van der Waals surface area contributed by atoms with Gasteiger partial charge in [-0.05, 0) is 13.8 Å². The van der Waals surface area contributed by atoms with Crippen molar-refractivity contribution in [2.75, 3.05) is 5.32 Å². The molecule has 0 aliphatic rings. The molecule has 1 rings (SSSR count). The third-order valence-corrected chi connectivity index (χ3v) is 1.20. The van der Waals surface area contributed by atoms with Crippen molar-refractivity contribution in [2.45, 2.75) is 19.9 Å². The molecule has 0 saturated heterocycles. The molecule has 4 nitrogen and oxygen atoms in total. The fraction of sp³-hybridized carbons (Fsp3) is 0.375. The zero-order chi connectivity index (χ0) is 8.97. The van der Waals surface area contributed by atoms with E-state index in [1.54, 1.807) is 0 Å². The van der Waals surface area contributed by atoms with Gasteiger partial charge in [0.05, 0.1) is 18.0 Å². The van der Waals surface area contributed by atoms with Gasteiger partial charge in [0.25, 0.3) is 0 Å². The Hall–Kier alpha value is -1.63. The highest BCUT2D eigenvalue weighted by Crippen LogP contribution is 1.99. The molecule has 0 atom stereocenters. The molecular formula is C8H10N4. The summed E-state index contributed by atoms with van der Waals surface area (Å²) in [6.07, 6.45) is 3.00. The molecule has 1 aromatic rings. The van der Waals surface area contributed by atoms with E-state index in [4.69, 9.17) is 5.26 Å². The lowest BCUT2D eigenvalue weighted by atomic mass is 10.4. The van der Waals surface area contributed by atoms with Crippen LogP contribution in [0.1, 0.15) is 19.4 Å². The van der Waals surface area contributed by atoms with Crippen molar-refractivity contribution in [3.8, 4) is 6.07 Å². The second kappa shape index (κ2) is 3.67. The quantitative estimate of drug-likeness (QED) is 0.709. The lowest BCUT2D eigenvalue weighted by Gasteiger charge is -2.06. The Balaban J connectivity index is 2.73. The van der Waals surface area contributed by atoms with Gasteiger partial charge in [0.1, 0.15) is 6.07 Å². The van der Waals surface area contributed by atoms with Gasteiger partial charge in [-0.25, -0.2) is 9.97 Å². The number of nitrogens with one attached hydrogen (secondary N) is 1. The van der Waals surface area contributed by atoms with Gasteiger partial charge in [-0.1, -0.05) is 0 Å². The van der Waals surface area contributed by atoms with Crippen LogP contribution in [0.3, 0.4) is 0 Å². The van der Waals surface area contributed by atoms with E-state index in [0.717, 1.165) is 0 Å². The fourth-order valence-corrected chi connectivity index (χ4v) is 0.719. The summed E-state index contributed by atoms with van der Waals surface area (Å²) in [5, 5.41) is 11.5. The third kappa shape index (κ3) is 2.20. The minimum Gasteiger partial charge on any atom is -0.352 e. The maximum Gasteiger partial charge on any atom is 0.222 e. The van der Waals surface area contributed by atoms with Crippen molar-refractivity contribution in [1.82, 2.24) is 9.97 Å². The summed E-state index contributed by atoms with van der Waals surface area (Å²) in [7, 11) is 0. The average Bonchev–Trinajstić information content (AvgIpc) is 2.05. The van der Waals surface area contributed by atoms with Gasteiger partial charge in [-0.3, -0.25) is 0 Å². The molecule has 0 unspecified atom stereocenters. The fourth-order valence-electron chi connectivity index (χ4n) is 0.719. The first-order valence-electron chi connectivity index (χ1n) is 3.71. The predicted octanol–water partition coefficient (Wildman–Crippen LogP) is 1.17. The Morgan fingerprint density at radius 1 is 1.42 bits per heavy atom. The Morgan fingerprint density at radius 2 is 2.00 bits per heavy atom. The number of nitriles is 1. The summed E-state index contributed by atoms with van der Waals surface area (Å²) in [5.41, 5.74) is 0.476. The van der Waals surface area contributed by atoms with Crippen LogP contribution in [0.4, 0.5) is 5.95 Å². The lowest BCUT2D eigenvalue weighted by molar-refractivity contribution is 0.873. The number of nitrogens with zero attached hydrogens (tertiary/aromatic N) is 3. The van der Waals surface area contributed by atoms with Crippen molar-refractivity contribution >= 4 is 5.95 Å². The van der Waals surface area contributed by atoms with E-state index in [9.17, 15) is 0 Å². The van der Waals surface area contributed by atoms with Crippen LogP contribution in [0, 0.1) is 11.3 Å². The van der Waals surface area contributed by atoms with Gasteiger partial charge in [0, 0.05) is 6.04 Å². The summed E-state index contributed by atoms with van der Waals surface area (Å²) in [5.74, 6) is 0.559. The molecule has 0 bridgehead atoms. The molecule has 4 heteroatoms. The van der Waals surface area contributed by atoms with E-state index < -0.39 is 0 Å². The summed E-state index contributed by atoms with van der Waals surface area (Å²) >= 11 is 0. The Labute approximate surface area is 71.3 Å². The maximum atomic E-state index is 8.46. The minimum absolute atomic E-state index is 0.304. The number of rotatable bonds is 2. The number of aromatic nitrogens is 2. The van der Waals surface area contributed by atoms with Gasteiger partial charge in [0.15, 0.2) is 0 Å². The second-order valence-corrected chi connectivity index (χ2v) is 2.71. The third-order valence-electron chi connectivity index (χ3n) is 1.20.